The fourth-order valence-corrected chi connectivity index (χ4v) is 2.36. The number of amides is 1. The summed E-state index contributed by atoms with van der Waals surface area (Å²) >= 11 is 0. The fourth-order valence-electron chi connectivity index (χ4n) is 2.36. The van der Waals surface area contributed by atoms with E-state index >= 15 is 0 Å². The van der Waals surface area contributed by atoms with Gasteiger partial charge >= 0.3 is 0 Å². The summed E-state index contributed by atoms with van der Waals surface area (Å²) < 4.78 is 0. The van der Waals surface area contributed by atoms with Crippen LogP contribution in [0.3, 0.4) is 0 Å². The first-order valence-electron chi connectivity index (χ1n) is 6.68. The molecule has 4 nitrogen and oxygen atoms in total. The highest BCUT2D eigenvalue weighted by atomic mass is 16.3. The lowest BCUT2D eigenvalue weighted by Crippen LogP contribution is -2.44. The first-order valence-corrected chi connectivity index (χ1v) is 6.68. The molecule has 3 unspecified atom stereocenters. The van der Waals surface area contributed by atoms with E-state index in [1.807, 2.05) is 0 Å². The minimum Gasteiger partial charge on any atom is -0.391 e. The molecular weight excluding hydrogens is 216 g/mol. The zero-order valence-corrected chi connectivity index (χ0v) is 11.2. The lowest BCUT2D eigenvalue weighted by molar-refractivity contribution is -0.126. The number of carbonyl (C=O) groups excluding carboxylic acids is 1. The van der Waals surface area contributed by atoms with E-state index in [1.54, 1.807) is 0 Å². The molecule has 1 saturated heterocycles. The number of nitrogens with one attached hydrogen (secondary N) is 2. The third-order valence-electron chi connectivity index (χ3n) is 3.25. The van der Waals surface area contributed by atoms with Crippen molar-refractivity contribution in [2.45, 2.75) is 52.2 Å². The normalized spacial score (nSPS) is 26.9. The van der Waals surface area contributed by atoms with Crippen molar-refractivity contribution in [1.29, 1.82) is 0 Å². The van der Waals surface area contributed by atoms with E-state index in [0.29, 0.717) is 18.5 Å². The van der Waals surface area contributed by atoms with Gasteiger partial charge in [-0.25, -0.2) is 0 Å². The van der Waals surface area contributed by atoms with Crippen LogP contribution in [-0.2, 0) is 4.79 Å². The molecule has 1 amide bonds. The first kappa shape index (κ1) is 14.5. The van der Waals surface area contributed by atoms with Gasteiger partial charge in [0.25, 0.3) is 0 Å². The number of rotatable bonds is 5. The van der Waals surface area contributed by atoms with Crippen molar-refractivity contribution in [2.75, 3.05) is 13.1 Å². The van der Waals surface area contributed by atoms with Gasteiger partial charge in [-0.15, -0.1) is 0 Å². The average molecular weight is 242 g/mol. The van der Waals surface area contributed by atoms with Gasteiger partial charge in [-0.2, -0.15) is 0 Å². The van der Waals surface area contributed by atoms with Gasteiger partial charge < -0.3 is 15.7 Å². The number of hydrogen-bond donors (Lipinski definition) is 3. The van der Waals surface area contributed by atoms with E-state index in [1.165, 1.54) is 0 Å². The highest BCUT2D eigenvalue weighted by Gasteiger charge is 2.24. The molecule has 100 valence electrons. The topological polar surface area (TPSA) is 61.4 Å². The van der Waals surface area contributed by atoms with Crippen molar-refractivity contribution < 1.29 is 9.90 Å². The Balaban J connectivity index is 2.24. The maximum atomic E-state index is 11.9. The quantitative estimate of drug-likeness (QED) is 0.671. The molecule has 3 N–H and O–H groups in total. The summed E-state index contributed by atoms with van der Waals surface area (Å²) in [6.07, 6.45) is 2.11. The van der Waals surface area contributed by atoms with Crippen molar-refractivity contribution in [3.8, 4) is 0 Å². The largest absolute Gasteiger partial charge is 0.391 e. The molecule has 0 saturated carbocycles. The maximum Gasteiger partial charge on any atom is 0.223 e. The zero-order valence-electron chi connectivity index (χ0n) is 11.2. The number of aliphatic hydroxyl groups is 1. The standard InChI is InChI=1S/C13H26N2O2/c1-9(2)6-12(16)8-15-13(17)11-4-5-14-10(3)7-11/h9-12,14,16H,4-8H2,1-3H3,(H,15,17). The van der Waals surface area contributed by atoms with E-state index in [0.717, 1.165) is 25.8 Å². The van der Waals surface area contributed by atoms with Crippen LogP contribution in [0.4, 0.5) is 0 Å². The molecule has 1 fully saturated rings. The van der Waals surface area contributed by atoms with Crippen LogP contribution in [0.25, 0.3) is 0 Å². The molecular formula is C13H26N2O2. The van der Waals surface area contributed by atoms with Crippen LogP contribution in [0.2, 0.25) is 0 Å². The van der Waals surface area contributed by atoms with Gasteiger partial charge in [0.05, 0.1) is 6.10 Å². The van der Waals surface area contributed by atoms with Crippen LogP contribution in [-0.4, -0.2) is 36.2 Å². The summed E-state index contributed by atoms with van der Waals surface area (Å²) in [6, 6.07) is 0.417. The Morgan fingerprint density at radius 1 is 1.53 bits per heavy atom. The van der Waals surface area contributed by atoms with E-state index in [4.69, 9.17) is 0 Å². The van der Waals surface area contributed by atoms with Gasteiger partial charge in [-0.1, -0.05) is 13.8 Å². The molecule has 0 aliphatic carbocycles. The second kappa shape index (κ2) is 6.97. The Kier molecular flexibility index (Phi) is 5.92. The lowest BCUT2D eigenvalue weighted by atomic mass is 9.92. The Morgan fingerprint density at radius 2 is 2.24 bits per heavy atom. The van der Waals surface area contributed by atoms with Crippen LogP contribution in [0, 0.1) is 11.8 Å². The Labute approximate surface area is 104 Å². The molecule has 0 aromatic rings. The predicted octanol–water partition coefficient (Wildman–Crippen LogP) is 0.898. The van der Waals surface area contributed by atoms with E-state index in [2.05, 4.69) is 31.4 Å². The Morgan fingerprint density at radius 3 is 2.82 bits per heavy atom. The number of aliphatic hydroxyl groups excluding tert-OH is 1. The van der Waals surface area contributed by atoms with E-state index in [9.17, 15) is 9.90 Å². The highest BCUT2D eigenvalue weighted by Crippen LogP contribution is 2.16. The average Bonchev–Trinajstić information content (AvgIpc) is 2.25. The minimum atomic E-state index is -0.418. The van der Waals surface area contributed by atoms with Crippen molar-refractivity contribution in [1.82, 2.24) is 10.6 Å². The van der Waals surface area contributed by atoms with Crippen LogP contribution < -0.4 is 10.6 Å². The molecule has 3 atom stereocenters. The molecule has 0 spiro atoms. The molecule has 0 bridgehead atoms. The third-order valence-corrected chi connectivity index (χ3v) is 3.25. The monoisotopic (exact) mass is 242 g/mol. The molecule has 4 heteroatoms. The van der Waals surface area contributed by atoms with Crippen LogP contribution in [0.5, 0.6) is 0 Å². The van der Waals surface area contributed by atoms with Crippen LogP contribution in [0.1, 0.15) is 40.0 Å². The summed E-state index contributed by atoms with van der Waals surface area (Å²) in [5.41, 5.74) is 0. The fraction of sp³-hybridized carbons (Fsp3) is 0.923. The Bertz CT molecular complexity index is 244. The van der Waals surface area contributed by atoms with Crippen LogP contribution in [0.15, 0.2) is 0 Å². The van der Waals surface area contributed by atoms with Crippen molar-refractivity contribution in [3.05, 3.63) is 0 Å². The number of carbonyl (C=O) groups is 1. The molecule has 1 rings (SSSR count). The molecule has 0 aromatic carbocycles. The van der Waals surface area contributed by atoms with Gasteiger partial charge in [0, 0.05) is 18.5 Å². The van der Waals surface area contributed by atoms with E-state index in [-0.39, 0.29) is 11.8 Å². The van der Waals surface area contributed by atoms with Crippen molar-refractivity contribution >= 4 is 5.91 Å². The SMILES string of the molecule is CC(C)CC(O)CNC(=O)C1CCNC(C)C1. The van der Waals surface area contributed by atoms with Gasteiger partial charge in [0.1, 0.15) is 0 Å². The van der Waals surface area contributed by atoms with Crippen molar-refractivity contribution in [2.24, 2.45) is 11.8 Å². The molecule has 1 aliphatic heterocycles. The van der Waals surface area contributed by atoms with Gasteiger partial charge in [-0.05, 0) is 38.6 Å². The summed E-state index contributed by atoms with van der Waals surface area (Å²) in [5, 5.41) is 15.9. The molecule has 17 heavy (non-hydrogen) atoms. The molecule has 0 radical (unpaired) electrons. The zero-order chi connectivity index (χ0) is 12.8. The lowest BCUT2D eigenvalue weighted by Gasteiger charge is -2.27. The number of hydrogen-bond acceptors (Lipinski definition) is 3. The first-order chi connectivity index (χ1) is 7.99. The van der Waals surface area contributed by atoms with Crippen LogP contribution >= 0.6 is 0 Å². The summed E-state index contributed by atoms with van der Waals surface area (Å²) in [7, 11) is 0. The second-order valence-corrected chi connectivity index (χ2v) is 5.60. The van der Waals surface area contributed by atoms with E-state index < -0.39 is 6.10 Å². The van der Waals surface area contributed by atoms with Gasteiger partial charge in [0.2, 0.25) is 5.91 Å². The summed E-state index contributed by atoms with van der Waals surface area (Å²) in [6.45, 7) is 7.54. The second-order valence-electron chi connectivity index (χ2n) is 5.60. The molecule has 1 heterocycles. The minimum absolute atomic E-state index is 0.0983. The molecule has 1 aliphatic rings. The van der Waals surface area contributed by atoms with Gasteiger partial charge in [-0.3, -0.25) is 4.79 Å². The highest BCUT2D eigenvalue weighted by molar-refractivity contribution is 5.78. The van der Waals surface area contributed by atoms with Gasteiger partial charge in [0.15, 0.2) is 0 Å². The summed E-state index contributed by atoms with van der Waals surface area (Å²) in [4.78, 5) is 11.9. The predicted molar refractivity (Wildman–Crippen MR) is 68.7 cm³/mol. The third kappa shape index (κ3) is 5.50. The number of piperidine rings is 1. The smallest absolute Gasteiger partial charge is 0.223 e. The summed E-state index contributed by atoms with van der Waals surface area (Å²) in [5.74, 6) is 0.666. The molecule has 0 aromatic heterocycles. The van der Waals surface area contributed by atoms with Crippen molar-refractivity contribution in [3.63, 3.8) is 0 Å². The maximum absolute atomic E-state index is 11.9. The Hall–Kier alpha value is -0.610.